The minimum absolute atomic E-state index is 0.586. The number of allylic oxidation sites excluding steroid dienone is 1. The monoisotopic (exact) mass is 233 g/mol. The summed E-state index contributed by atoms with van der Waals surface area (Å²) >= 11 is 1.70. The number of hydrogen-bond donors (Lipinski definition) is 0. The molecule has 1 aromatic rings. The van der Waals surface area contributed by atoms with Gasteiger partial charge in [0.2, 0.25) is 0 Å². The summed E-state index contributed by atoms with van der Waals surface area (Å²) in [4.78, 5) is 4.44. The summed E-state index contributed by atoms with van der Waals surface area (Å²) in [6.45, 7) is 8.37. The van der Waals surface area contributed by atoms with Crippen LogP contribution >= 0.6 is 11.3 Å². The van der Waals surface area contributed by atoms with Gasteiger partial charge in [-0.3, -0.25) is 0 Å². The van der Waals surface area contributed by atoms with E-state index in [0.717, 1.165) is 23.5 Å². The molecule has 0 bridgehead atoms. The van der Waals surface area contributed by atoms with Crippen LogP contribution in [0.25, 0.3) is 6.08 Å². The molecule has 0 amide bonds. The first-order valence-electron chi connectivity index (χ1n) is 5.63. The van der Waals surface area contributed by atoms with Crippen LogP contribution in [0.4, 0.5) is 0 Å². The predicted octanol–water partition coefficient (Wildman–Crippen LogP) is 4.29. The van der Waals surface area contributed by atoms with Gasteiger partial charge in [-0.1, -0.05) is 12.5 Å². The van der Waals surface area contributed by atoms with Gasteiger partial charge in [-0.05, 0) is 39.2 Å². The molecule has 0 aromatic carbocycles. The zero-order valence-electron chi connectivity index (χ0n) is 10.5. The van der Waals surface area contributed by atoms with Crippen LogP contribution in [0.3, 0.4) is 0 Å². The highest BCUT2D eigenvalue weighted by Crippen LogP contribution is 2.19. The molecule has 0 fully saturated rings. The maximum atomic E-state index is 4.44. The molecule has 86 valence electrons. The Labute approximate surface area is 103 Å². The van der Waals surface area contributed by atoms with Crippen LogP contribution in [0.1, 0.15) is 44.3 Å². The van der Waals surface area contributed by atoms with Crippen molar-refractivity contribution >= 4 is 17.4 Å². The van der Waals surface area contributed by atoms with E-state index < -0.39 is 0 Å². The highest BCUT2D eigenvalue weighted by Gasteiger charge is 2.04. The van der Waals surface area contributed by atoms with Gasteiger partial charge >= 0.3 is 0 Å². The van der Waals surface area contributed by atoms with Gasteiger partial charge in [0.25, 0.3) is 0 Å². The van der Waals surface area contributed by atoms with Crippen LogP contribution in [0.15, 0.2) is 11.0 Å². The number of nitrogens with zero attached hydrogens (tertiary/aromatic N) is 1. The van der Waals surface area contributed by atoms with Gasteiger partial charge in [0.05, 0.1) is 10.7 Å². The SMILES string of the molecule is CC#CCC[C@H](C)/C(C)=C/c1csc(C)n1. The molecule has 0 radical (unpaired) electrons. The molecular weight excluding hydrogens is 214 g/mol. The van der Waals surface area contributed by atoms with Crippen molar-refractivity contribution < 1.29 is 0 Å². The van der Waals surface area contributed by atoms with E-state index in [9.17, 15) is 0 Å². The molecule has 0 aliphatic rings. The largest absolute Gasteiger partial charge is 0.242 e. The number of thiazole rings is 1. The molecule has 1 aromatic heterocycles. The quantitative estimate of drug-likeness (QED) is 0.707. The molecule has 1 heterocycles. The Bertz CT molecular complexity index is 417. The number of hydrogen-bond acceptors (Lipinski definition) is 2. The lowest BCUT2D eigenvalue weighted by atomic mass is 9.97. The molecule has 0 spiro atoms. The fourth-order valence-electron chi connectivity index (χ4n) is 1.46. The van der Waals surface area contributed by atoms with Gasteiger partial charge < -0.3 is 0 Å². The Morgan fingerprint density at radius 1 is 1.62 bits per heavy atom. The summed E-state index contributed by atoms with van der Waals surface area (Å²) in [6, 6.07) is 0. The second-order valence-electron chi connectivity index (χ2n) is 4.05. The Hall–Kier alpha value is -1.07. The Morgan fingerprint density at radius 3 is 2.94 bits per heavy atom. The van der Waals surface area contributed by atoms with E-state index in [2.05, 4.69) is 42.1 Å². The average molecular weight is 233 g/mol. The average Bonchev–Trinajstić information content (AvgIpc) is 2.64. The van der Waals surface area contributed by atoms with Gasteiger partial charge in [0, 0.05) is 11.8 Å². The van der Waals surface area contributed by atoms with E-state index >= 15 is 0 Å². The van der Waals surface area contributed by atoms with Crippen LogP contribution in [-0.2, 0) is 0 Å². The van der Waals surface area contributed by atoms with Gasteiger partial charge in [0.1, 0.15) is 0 Å². The summed E-state index contributed by atoms with van der Waals surface area (Å²) in [5, 5.41) is 3.24. The summed E-state index contributed by atoms with van der Waals surface area (Å²) in [6.07, 6.45) is 4.30. The molecule has 0 N–H and O–H groups in total. The Kier molecular flexibility index (Phi) is 5.28. The maximum absolute atomic E-state index is 4.44. The number of aryl methyl sites for hydroxylation is 1. The lowest BCUT2D eigenvalue weighted by Crippen LogP contribution is -1.95. The highest BCUT2D eigenvalue weighted by molar-refractivity contribution is 7.09. The first-order chi connectivity index (χ1) is 7.63. The third kappa shape index (κ3) is 4.20. The first kappa shape index (κ1) is 13.0. The zero-order valence-corrected chi connectivity index (χ0v) is 11.3. The molecule has 0 unspecified atom stereocenters. The molecular formula is C14H19NS. The number of aromatic nitrogens is 1. The molecule has 0 saturated carbocycles. The van der Waals surface area contributed by atoms with E-state index in [0.29, 0.717) is 5.92 Å². The van der Waals surface area contributed by atoms with E-state index in [1.54, 1.807) is 11.3 Å². The van der Waals surface area contributed by atoms with Crippen molar-refractivity contribution in [3.63, 3.8) is 0 Å². The van der Waals surface area contributed by atoms with Crippen LogP contribution in [0.2, 0.25) is 0 Å². The molecule has 16 heavy (non-hydrogen) atoms. The van der Waals surface area contributed by atoms with E-state index in [1.807, 2.05) is 13.8 Å². The third-order valence-electron chi connectivity index (χ3n) is 2.67. The number of rotatable bonds is 4. The summed E-state index contributed by atoms with van der Waals surface area (Å²) in [5.41, 5.74) is 2.48. The van der Waals surface area contributed by atoms with Crippen molar-refractivity contribution in [3.8, 4) is 11.8 Å². The normalized spacial score (nSPS) is 13.1. The smallest absolute Gasteiger partial charge is 0.0901 e. The summed E-state index contributed by atoms with van der Waals surface area (Å²) in [7, 11) is 0. The first-order valence-corrected chi connectivity index (χ1v) is 6.51. The molecule has 0 aliphatic heterocycles. The van der Waals surface area contributed by atoms with Gasteiger partial charge in [0.15, 0.2) is 0 Å². The van der Waals surface area contributed by atoms with Crippen molar-refractivity contribution in [1.29, 1.82) is 0 Å². The van der Waals surface area contributed by atoms with Gasteiger partial charge in [-0.15, -0.1) is 23.2 Å². The van der Waals surface area contributed by atoms with Gasteiger partial charge in [-0.25, -0.2) is 4.98 Å². The lowest BCUT2D eigenvalue weighted by Gasteiger charge is -2.09. The van der Waals surface area contributed by atoms with Crippen LogP contribution in [0.5, 0.6) is 0 Å². The van der Waals surface area contributed by atoms with Crippen molar-refractivity contribution in [2.24, 2.45) is 5.92 Å². The maximum Gasteiger partial charge on any atom is 0.0901 e. The van der Waals surface area contributed by atoms with Crippen LogP contribution < -0.4 is 0 Å². The van der Waals surface area contributed by atoms with E-state index in [4.69, 9.17) is 0 Å². The minimum Gasteiger partial charge on any atom is -0.242 e. The molecule has 2 heteroatoms. The van der Waals surface area contributed by atoms with E-state index in [-0.39, 0.29) is 0 Å². The molecule has 1 nitrogen and oxygen atoms in total. The molecule has 1 rings (SSSR count). The predicted molar refractivity (Wildman–Crippen MR) is 72.4 cm³/mol. The van der Waals surface area contributed by atoms with Crippen molar-refractivity contribution in [1.82, 2.24) is 4.98 Å². The summed E-state index contributed by atoms with van der Waals surface area (Å²) in [5.74, 6) is 6.63. The topological polar surface area (TPSA) is 12.9 Å². The highest BCUT2D eigenvalue weighted by atomic mass is 32.1. The van der Waals surface area contributed by atoms with Crippen molar-refractivity contribution in [2.75, 3.05) is 0 Å². The minimum atomic E-state index is 0.586. The summed E-state index contributed by atoms with van der Waals surface area (Å²) < 4.78 is 0. The van der Waals surface area contributed by atoms with Crippen LogP contribution in [0, 0.1) is 24.7 Å². The molecule has 0 saturated heterocycles. The third-order valence-corrected chi connectivity index (χ3v) is 3.46. The van der Waals surface area contributed by atoms with E-state index in [1.165, 1.54) is 5.57 Å². The van der Waals surface area contributed by atoms with Crippen LogP contribution in [-0.4, -0.2) is 4.98 Å². The van der Waals surface area contributed by atoms with Crippen molar-refractivity contribution in [2.45, 2.75) is 40.5 Å². The standard InChI is InChI=1S/C14H19NS/c1-5-6-7-8-11(2)12(3)9-14-10-16-13(4)15-14/h9-11H,7-8H2,1-4H3/b12-9+/t11-/m0/s1. The molecule has 0 aliphatic carbocycles. The fraction of sp³-hybridized carbons (Fsp3) is 0.500. The second kappa shape index (κ2) is 6.50. The fourth-order valence-corrected chi connectivity index (χ4v) is 2.03. The Balaban J connectivity index is 2.57. The van der Waals surface area contributed by atoms with Gasteiger partial charge in [-0.2, -0.15) is 0 Å². The lowest BCUT2D eigenvalue weighted by molar-refractivity contribution is 0.631. The molecule has 1 atom stereocenters. The van der Waals surface area contributed by atoms with Crippen molar-refractivity contribution in [3.05, 3.63) is 21.7 Å². The second-order valence-corrected chi connectivity index (χ2v) is 5.11. The zero-order chi connectivity index (χ0) is 12.0. The Morgan fingerprint density at radius 2 is 2.38 bits per heavy atom.